The summed E-state index contributed by atoms with van der Waals surface area (Å²) in [5, 5.41) is 16.7. The number of halogens is 1. The number of pyridine rings is 1. The quantitative estimate of drug-likeness (QED) is 0.762. The summed E-state index contributed by atoms with van der Waals surface area (Å²) < 4.78 is 4.63. The van der Waals surface area contributed by atoms with Crippen molar-refractivity contribution in [1.29, 1.82) is 0 Å². The second kappa shape index (κ2) is 5.27. The van der Waals surface area contributed by atoms with E-state index in [9.17, 15) is 4.79 Å². The summed E-state index contributed by atoms with van der Waals surface area (Å²) in [6, 6.07) is 4.82. The first-order valence-electron chi connectivity index (χ1n) is 6.36. The summed E-state index contributed by atoms with van der Waals surface area (Å²) in [5.74, 6) is -1.08. The Morgan fingerprint density at radius 2 is 2.18 bits per heavy atom. The fraction of sp³-hybridized carbons (Fsp3) is 0.143. The largest absolute Gasteiger partial charge is 0.478 e. The molecule has 0 fully saturated rings. The Morgan fingerprint density at radius 3 is 2.91 bits per heavy atom. The molecule has 3 rings (SSSR count). The number of hydrogen-bond donors (Lipinski definition) is 2. The highest BCUT2D eigenvalue weighted by Gasteiger charge is 2.16. The lowest BCUT2D eigenvalue weighted by molar-refractivity contribution is 0.0697. The van der Waals surface area contributed by atoms with Crippen LogP contribution in [0.2, 0.25) is 5.02 Å². The number of carbonyl (C=O) groups is 1. The average molecular weight is 319 g/mol. The molecule has 0 amide bonds. The van der Waals surface area contributed by atoms with E-state index in [4.69, 9.17) is 22.4 Å². The van der Waals surface area contributed by atoms with Gasteiger partial charge in [0.05, 0.1) is 16.3 Å². The molecule has 0 aliphatic heterocycles. The van der Waals surface area contributed by atoms with Crippen molar-refractivity contribution in [1.82, 2.24) is 15.3 Å². The molecule has 0 radical (unpaired) electrons. The van der Waals surface area contributed by atoms with Crippen molar-refractivity contribution in [2.24, 2.45) is 0 Å². The Morgan fingerprint density at radius 1 is 1.41 bits per heavy atom. The Bertz CT molecular complexity index is 891. The van der Waals surface area contributed by atoms with Crippen LogP contribution in [0.5, 0.6) is 0 Å². The number of benzene rings is 1. The monoisotopic (exact) mass is 318 g/mol. The topological polar surface area (TPSA) is 115 Å². The minimum Gasteiger partial charge on any atom is -0.478 e. The molecule has 22 heavy (non-hydrogen) atoms. The SMILES string of the molecule is Cc1nc2nonc2c(N)c1Cc1ccc(Cl)c(C(=O)O)c1. The first-order valence-corrected chi connectivity index (χ1v) is 6.74. The van der Waals surface area contributed by atoms with Crippen LogP contribution in [-0.4, -0.2) is 26.4 Å². The van der Waals surface area contributed by atoms with Gasteiger partial charge in [-0.05, 0) is 34.9 Å². The molecule has 3 N–H and O–H groups in total. The highest BCUT2D eigenvalue weighted by molar-refractivity contribution is 6.33. The molecule has 0 bridgehead atoms. The van der Waals surface area contributed by atoms with Gasteiger partial charge in [-0.2, -0.15) is 0 Å². The minimum absolute atomic E-state index is 0.0486. The fourth-order valence-electron chi connectivity index (χ4n) is 2.26. The van der Waals surface area contributed by atoms with E-state index in [-0.39, 0.29) is 10.6 Å². The van der Waals surface area contributed by atoms with Gasteiger partial charge < -0.3 is 10.8 Å². The number of aryl methyl sites for hydroxylation is 1. The van der Waals surface area contributed by atoms with Gasteiger partial charge >= 0.3 is 5.97 Å². The lowest BCUT2D eigenvalue weighted by Gasteiger charge is -2.10. The average Bonchev–Trinajstić information content (AvgIpc) is 2.93. The van der Waals surface area contributed by atoms with Crippen LogP contribution < -0.4 is 5.73 Å². The number of hydrogen-bond acceptors (Lipinski definition) is 6. The molecular formula is C14H11ClN4O3. The number of rotatable bonds is 3. The molecule has 0 atom stereocenters. The zero-order valence-electron chi connectivity index (χ0n) is 11.5. The zero-order chi connectivity index (χ0) is 15.9. The van der Waals surface area contributed by atoms with Crippen molar-refractivity contribution in [2.75, 3.05) is 5.73 Å². The van der Waals surface area contributed by atoms with Gasteiger partial charge in [-0.15, -0.1) is 0 Å². The first-order chi connectivity index (χ1) is 10.5. The van der Waals surface area contributed by atoms with Gasteiger partial charge in [-0.3, -0.25) is 0 Å². The van der Waals surface area contributed by atoms with Crippen molar-refractivity contribution in [3.63, 3.8) is 0 Å². The number of nitrogens with zero attached hydrogens (tertiary/aromatic N) is 3. The van der Waals surface area contributed by atoms with Gasteiger partial charge in [0.2, 0.25) is 5.65 Å². The van der Waals surface area contributed by atoms with Crippen LogP contribution in [0, 0.1) is 6.92 Å². The Kier molecular flexibility index (Phi) is 3.42. The number of aromatic nitrogens is 3. The van der Waals surface area contributed by atoms with Crippen LogP contribution in [0.1, 0.15) is 27.2 Å². The Balaban J connectivity index is 2.06. The highest BCUT2D eigenvalue weighted by Crippen LogP contribution is 2.27. The van der Waals surface area contributed by atoms with Gasteiger partial charge in [0.25, 0.3) is 0 Å². The van der Waals surface area contributed by atoms with E-state index in [1.807, 2.05) is 0 Å². The number of nitrogen functional groups attached to an aromatic ring is 1. The summed E-state index contributed by atoms with van der Waals surface area (Å²) in [6.45, 7) is 1.80. The summed E-state index contributed by atoms with van der Waals surface area (Å²) in [4.78, 5) is 15.4. The van der Waals surface area contributed by atoms with Gasteiger partial charge in [0.1, 0.15) is 0 Å². The third-order valence-corrected chi connectivity index (χ3v) is 3.73. The van der Waals surface area contributed by atoms with Gasteiger partial charge in [0.15, 0.2) is 5.52 Å². The van der Waals surface area contributed by atoms with E-state index < -0.39 is 5.97 Å². The molecule has 0 unspecified atom stereocenters. The van der Waals surface area contributed by atoms with Crippen LogP contribution in [0.15, 0.2) is 22.8 Å². The highest BCUT2D eigenvalue weighted by atomic mass is 35.5. The predicted molar refractivity (Wildman–Crippen MR) is 80.0 cm³/mol. The van der Waals surface area contributed by atoms with E-state index in [0.717, 1.165) is 11.1 Å². The van der Waals surface area contributed by atoms with E-state index in [1.54, 1.807) is 19.1 Å². The number of nitrogens with two attached hydrogens (primary N) is 1. The van der Waals surface area contributed by atoms with Crippen LogP contribution in [0.4, 0.5) is 5.69 Å². The summed E-state index contributed by atoms with van der Waals surface area (Å²) in [7, 11) is 0. The lowest BCUT2D eigenvalue weighted by atomic mass is 10.00. The summed E-state index contributed by atoms with van der Waals surface area (Å²) in [6.07, 6.45) is 0.408. The molecule has 0 spiro atoms. The fourth-order valence-corrected chi connectivity index (χ4v) is 2.46. The smallest absolute Gasteiger partial charge is 0.337 e. The molecule has 0 saturated heterocycles. The van der Waals surface area contributed by atoms with E-state index in [2.05, 4.69) is 19.9 Å². The van der Waals surface area contributed by atoms with Crippen LogP contribution in [-0.2, 0) is 6.42 Å². The van der Waals surface area contributed by atoms with Crippen LogP contribution in [0.3, 0.4) is 0 Å². The molecule has 0 saturated carbocycles. The van der Waals surface area contributed by atoms with Crippen LogP contribution >= 0.6 is 11.6 Å². The normalized spacial score (nSPS) is 11.0. The second-order valence-electron chi connectivity index (χ2n) is 4.82. The molecule has 0 aliphatic rings. The molecule has 3 aromatic rings. The number of carboxylic acids is 1. The minimum atomic E-state index is -1.08. The molecular weight excluding hydrogens is 308 g/mol. The molecule has 1 aromatic carbocycles. The molecule has 2 aromatic heterocycles. The van der Waals surface area contributed by atoms with Gasteiger partial charge in [-0.1, -0.05) is 17.7 Å². The maximum atomic E-state index is 11.1. The van der Waals surface area contributed by atoms with Crippen molar-refractivity contribution >= 4 is 34.4 Å². The third-order valence-electron chi connectivity index (χ3n) is 3.40. The van der Waals surface area contributed by atoms with Gasteiger partial charge in [-0.25, -0.2) is 14.4 Å². The summed E-state index contributed by atoms with van der Waals surface area (Å²) in [5.41, 5.74) is 9.51. The van der Waals surface area contributed by atoms with Gasteiger partial charge in [0, 0.05) is 17.7 Å². The number of anilines is 1. The van der Waals surface area contributed by atoms with Crippen molar-refractivity contribution < 1.29 is 14.5 Å². The first kappa shape index (κ1) is 14.3. The van der Waals surface area contributed by atoms with E-state index >= 15 is 0 Å². The zero-order valence-corrected chi connectivity index (χ0v) is 12.3. The maximum absolute atomic E-state index is 11.1. The molecule has 2 heterocycles. The van der Waals surface area contributed by atoms with Crippen LogP contribution in [0.25, 0.3) is 11.2 Å². The van der Waals surface area contributed by atoms with Crippen molar-refractivity contribution in [3.8, 4) is 0 Å². The number of fused-ring (bicyclic) bond motifs is 1. The molecule has 112 valence electrons. The number of carboxylic acid groups (broad SMARTS) is 1. The second-order valence-corrected chi connectivity index (χ2v) is 5.23. The molecule has 8 heteroatoms. The maximum Gasteiger partial charge on any atom is 0.337 e. The summed E-state index contributed by atoms with van der Waals surface area (Å²) >= 11 is 5.87. The predicted octanol–water partition coefficient (Wildman–Crippen LogP) is 2.45. The standard InChI is InChI=1S/C14H11ClN4O3/c1-6-8(11(16)12-13(17-6)19-22-18-12)4-7-2-3-10(15)9(5-7)14(20)21/h2-3,5H,4,16H2,1H3,(H,20,21). The van der Waals surface area contributed by atoms with E-state index in [0.29, 0.717) is 29.0 Å². The molecule has 0 aliphatic carbocycles. The van der Waals surface area contributed by atoms with E-state index in [1.165, 1.54) is 6.07 Å². The van der Waals surface area contributed by atoms with Crippen molar-refractivity contribution in [3.05, 3.63) is 45.6 Å². The Labute approximate surface area is 129 Å². The molecule has 7 nitrogen and oxygen atoms in total. The lowest BCUT2D eigenvalue weighted by Crippen LogP contribution is -2.04. The third kappa shape index (κ3) is 2.35. The Hall–Kier alpha value is -2.67. The number of aromatic carboxylic acids is 1. The van der Waals surface area contributed by atoms with Crippen molar-refractivity contribution in [2.45, 2.75) is 13.3 Å².